The predicted octanol–water partition coefficient (Wildman–Crippen LogP) is 1.01. The van der Waals surface area contributed by atoms with E-state index in [0.29, 0.717) is 12.3 Å². The van der Waals surface area contributed by atoms with Crippen LogP contribution in [0.4, 0.5) is 5.69 Å². The lowest BCUT2D eigenvalue weighted by atomic mass is 10.1. The van der Waals surface area contributed by atoms with E-state index in [1.165, 1.54) is 6.42 Å². The van der Waals surface area contributed by atoms with Crippen molar-refractivity contribution in [1.29, 1.82) is 0 Å². The molecule has 0 aliphatic carbocycles. The van der Waals surface area contributed by atoms with Gasteiger partial charge in [0.05, 0.1) is 18.8 Å². The predicted molar refractivity (Wildman–Crippen MR) is 87.6 cm³/mol. The number of fused-ring (bicyclic) bond motifs is 1. The van der Waals surface area contributed by atoms with Crippen molar-refractivity contribution < 1.29 is 14.3 Å². The topological polar surface area (TPSA) is 61.9 Å². The smallest absolute Gasteiger partial charge is 0.262 e. The zero-order valence-electron chi connectivity index (χ0n) is 13.5. The maximum atomic E-state index is 12.6. The van der Waals surface area contributed by atoms with Crippen LogP contribution in [0.2, 0.25) is 0 Å². The highest BCUT2D eigenvalue weighted by Gasteiger charge is 2.31. The second-order valence-electron chi connectivity index (χ2n) is 6.01. The van der Waals surface area contributed by atoms with Crippen molar-refractivity contribution in [3.63, 3.8) is 0 Å². The molecule has 0 saturated carbocycles. The summed E-state index contributed by atoms with van der Waals surface area (Å²) in [5.74, 6) is 0.603. The monoisotopic (exact) mass is 317 g/mol. The minimum absolute atomic E-state index is 0.122. The summed E-state index contributed by atoms with van der Waals surface area (Å²) in [7, 11) is 1.59. The van der Waals surface area contributed by atoms with Gasteiger partial charge in [0.25, 0.3) is 5.91 Å². The number of amides is 2. The van der Waals surface area contributed by atoms with E-state index in [0.717, 1.165) is 31.6 Å². The first-order chi connectivity index (χ1) is 11.2. The van der Waals surface area contributed by atoms with E-state index in [1.54, 1.807) is 7.05 Å². The first kappa shape index (κ1) is 15.6. The molecule has 2 aliphatic rings. The van der Waals surface area contributed by atoms with Gasteiger partial charge >= 0.3 is 0 Å². The van der Waals surface area contributed by atoms with Crippen molar-refractivity contribution in [1.82, 2.24) is 10.2 Å². The molecular formula is C17H23N3O3. The number of ether oxygens (including phenoxy) is 1. The standard InChI is InChI=1S/C17H23N3O3/c1-18-17(22)15-11-20(13-7-3-4-8-14(13)23-15)12-16(21)19-9-5-2-6-10-19/h3-4,7-8,15H,2,5-6,9-12H2,1H3,(H,18,22)/t15-/m1/s1. The second kappa shape index (κ2) is 6.89. The molecule has 1 atom stereocenters. The van der Waals surface area contributed by atoms with Crippen LogP contribution in [0.5, 0.6) is 5.75 Å². The molecule has 1 N–H and O–H groups in total. The van der Waals surface area contributed by atoms with E-state index in [9.17, 15) is 9.59 Å². The summed E-state index contributed by atoms with van der Waals surface area (Å²) in [4.78, 5) is 28.4. The highest BCUT2D eigenvalue weighted by Crippen LogP contribution is 2.33. The molecule has 1 saturated heterocycles. The van der Waals surface area contributed by atoms with Gasteiger partial charge in [0.2, 0.25) is 5.91 Å². The summed E-state index contributed by atoms with van der Waals surface area (Å²) in [5.41, 5.74) is 0.873. The van der Waals surface area contributed by atoms with Gasteiger partial charge in [0.15, 0.2) is 6.10 Å². The van der Waals surface area contributed by atoms with Crippen LogP contribution < -0.4 is 15.0 Å². The number of rotatable bonds is 3. The molecule has 1 aromatic carbocycles. The SMILES string of the molecule is CNC(=O)[C@H]1CN(CC(=O)N2CCCCC2)c2ccccc2O1. The molecule has 6 nitrogen and oxygen atoms in total. The van der Waals surface area contributed by atoms with E-state index in [4.69, 9.17) is 4.74 Å². The summed E-state index contributed by atoms with van der Waals surface area (Å²) in [6, 6.07) is 7.55. The van der Waals surface area contributed by atoms with Gasteiger partial charge in [-0.3, -0.25) is 9.59 Å². The number of benzene rings is 1. The molecule has 0 radical (unpaired) electrons. The number of hydrogen-bond acceptors (Lipinski definition) is 4. The van der Waals surface area contributed by atoms with E-state index >= 15 is 0 Å². The average Bonchev–Trinajstić information content (AvgIpc) is 2.61. The van der Waals surface area contributed by atoms with E-state index in [1.807, 2.05) is 34.1 Å². The van der Waals surface area contributed by atoms with Crippen molar-refractivity contribution in [3.8, 4) is 5.75 Å². The molecule has 0 unspecified atom stereocenters. The van der Waals surface area contributed by atoms with Crippen LogP contribution in [-0.2, 0) is 9.59 Å². The van der Waals surface area contributed by atoms with Crippen LogP contribution in [0.15, 0.2) is 24.3 Å². The number of nitrogens with one attached hydrogen (secondary N) is 1. The molecule has 23 heavy (non-hydrogen) atoms. The molecule has 2 heterocycles. The lowest BCUT2D eigenvalue weighted by Crippen LogP contribution is -2.51. The number of hydrogen-bond donors (Lipinski definition) is 1. The number of likely N-dealkylation sites (N-methyl/N-ethyl adjacent to an activating group) is 1. The van der Waals surface area contributed by atoms with Crippen LogP contribution in [-0.4, -0.2) is 56.0 Å². The first-order valence-electron chi connectivity index (χ1n) is 8.19. The van der Waals surface area contributed by atoms with Crippen molar-refractivity contribution >= 4 is 17.5 Å². The molecule has 1 aromatic rings. The van der Waals surface area contributed by atoms with E-state index in [-0.39, 0.29) is 18.4 Å². The Labute approximate surface area is 136 Å². The molecule has 6 heteroatoms. The minimum atomic E-state index is -0.593. The van der Waals surface area contributed by atoms with Crippen molar-refractivity contribution in [2.45, 2.75) is 25.4 Å². The van der Waals surface area contributed by atoms with Crippen LogP contribution in [0.3, 0.4) is 0 Å². The Bertz CT molecular complexity index is 584. The summed E-state index contributed by atoms with van der Waals surface area (Å²) in [5, 5.41) is 2.62. The number of nitrogens with zero attached hydrogens (tertiary/aromatic N) is 2. The van der Waals surface area contributed by atoms with Crippen molar-refractivity contribution in [2.75, 3.05) is 38.1 Å². The molecule has 124 valence electrons. The fourth-order valence-corrected chi connectivity index (χ4v) is 3.16. The number of carbonyl (C=O) groups is 2. The highest BCUT2D eigenvalue weighted by atomic mass is 16.5. The van der Waals surface area contributed by atoms with Crippen LogP contribution in [0.25, 0.3) is 0 Å². The molecule has 0 spiro atoms. The maximum absolute atomic E-state index is 12.6. The normalized spacial score (nSPS) is 20.5. The Morgan fingerprint density at radius 3 is 2.70 bits per heavy atom. The Hall–Kier alpha value is -2.24. The Kier molecular flexibility index (Phi) is 4.69. The zero-order chi connectivity index (χ0) is 16.2. The highest BCUT2D eigenvalue weighted by molar-refractivity contribution is 5.86. The molecule has 0 bridgehead atoms. The molecule has 3 rings (SSSR count). The Morgan fingerprint density at radius 2 is 1.96 bits per heavy atom. The molecular weight excluding hydrogens is 294 g/mol. The van der Waals surface area contributed by atoms with Gasteiger partial charge in [0.1, 0.15) is 5.75 Å². The largest absolute Gasteiger partial charge is 0.477 e. The summed E-state index contributed by atoms with van der Waals surface area (Å²) >= 11 is 0. The lowest BCUT2D eigenvalue weighted by molar-refractivity contribution is -0.131. The van der Waals surface area contributed by atoms with Gasteiger partial charge in [-0.1, -0.05) is 12.1 Å². The number of likely N-dealkylation sites (tertiary alicyclic amines) is 1. The van der Waals surface area contributed by atoms with Crippen molar-refractivity contribution in [2.24, 2.45) is 0 Å². The number of piperidine rings is 1. The third-order valence-corrected chi connectivity index (χ3v) is 4.44. The molecule has 2 amide bonds. The minimum Gasteiger partial charge on any atom is -0.477 e. The number of para-hydroxylation sites is 2. The Morgan fingerprint density at radius 1 is 1.22 bits per heavy atom. The maximum Gasteiger partial charge on any atom is 0.262 e. The number of anilines is 1. The molecule has 0 aromatic heterocycles. The number of carbonyl (C=O) groups excluding carboxylic acids is 2. The average molecular weight is 317 g/mol. The fraction of sp³-hybridized carbons (Fsp3) is 0.529. The zero-order valence-corrected chi connectivity index (χ0v) is 13.5. The molecule has 2 aliphatic heterocycles. The first-order valence-corrected chi connectivity index (χ1v) is 8.19. The summed E-state index contributed by atoms with van der Waals surface area (Å²) in [6.45, 7) is 2.34. The second-order valence-corrected chi connectivity index (χ2v) is 6.01. The van der Waals surface area contributed by atoms with Crippen molar-refractivity contribution in [3.05, 3.63) is 24.3 Å². The van der Waals surface area contributed by atoms with Gasteiger partial charge in [-0.2, -0.15) is 0 Å². The lowest BCUT2D eigenvalue weighted by Gasteiger charge is -2.36. The van der Waals surface area contributed by atoms with Gasteiger partial charge < -0.3 is 19.9 Å². The summed E-state index contributed by atoms with van der Waals surface area (Å²) < 4.78 is 5.76. The molecule has 1 fully saturated rings. The van der Waals surface area contributed by atoms with Crippen LogP contribution in [0, 0.1) is 0 Å². The summed E-state index contributed by atoms with van der Waals surface area (Å²) in [6.07, 6.45) is 2.76. The van der Waals surface area contributed by atoms with Gasteiger partial charge in [0, 0.05) is 20.1 Å². The van der Waals surface area contributed by atoms with E-state index < -0.39 is 6.10 Å². The third kappa shape index (κ3) is 3.41. The van der Waals surface area contributed by atoms with Crippen LogP contribution >= 0.6 is 0 Å². The van der Waals surface area contributed by atoms with Crippen LogP contribution in [0.1, 0.15) is 19.3 Å². The van der Waals surface area contributed by atoms with Gasteiger partial charge in [-0.25, -0.2) is 0 Å². The van der Waals surface area contributed by atoms with E-state index in [2.05, 4.69) is 5.32 Å². The van der Waals surface area contributed by atoms with Gasteiger partial charge in [-0.15, -0.1) is 0 Å². The quantitative estimate of drug-likeness (QED) is 0.904. The Balaban J connectivity index is 1.76. The van der Waals surface area contributed by atoms with Gasteiger partial charge in [-0.05, 0) is 31.4 Å². The third-order valence-electron chi connectivity index (χ3n) is 4.44. The fourth-order valence-electron chi connectivity index (χ4n) is 3.16.